The van der Waals surface area contributed by atoms with E-state index in [4.69, 9.17) is 9.47 Å². The van der Waals surface area contributed by atoms with Crippen molar-refractivity contribution in [2.75, 3.05) is 6.61 Å². The van der Waals surface area contributed by atoms with Gasteiger partial charge in [0.15, 0.2) is 0 Å². The molecule has 0 N–H and O–H groups in total. The van der Waals surface area contributed by atoms with Crippen LogP contribution in [0.2, 0.25) is 0 Å². The lowest BCUT2D eigenvalue weighted by Gasteiger charge is -2.11. The van der Waals surface area contributed by atoms with Gasteiger partial charge in [-0.2, -0.15) is 0 Å². The van der Waals surface area contributed by atoms with Crippen molar-refractivity contribution in [2.45, 2.75) is 23.6 Å². The molecule has 0 amide bonds. The van der Waals surface area contributed by atoms with E-state index in [1.165, 1.54) is 11.8 Å². The van der Waals surface area contributed by atoms with E-state index >= 15 is 0 Å². The van der Waals surface area contributed by atoms with E-state index in [0.717, 1.165) is 21.1 Å². The third-order valence-corrected chi connectivity index (χ3v) is 5.51. The summed E-state index contributed by atoms with van der Waals surface area (Å²) in [7, 11) is 0. The van der Waals surface area contributed by atoms with Crippen molar-refractivity contribution in [3.63, 3.8) is 0 Å². The zero-order chi connectivity index (χ0) is 19.1. The van der Waals surface area contributed by atoms with Gasteiger partial charge in [-0.3, -0.25) is 4.79 Å². The summed E-state index contributed by atoms with van der Waals surface area (Å²) in [5, 5.41) is 2.05. The highest BCUT2D eigenvalue weighted by Gasteiger charge is 2.11. The maximum atomic E-state index is 11.4. The molecule has 3 aromatic rings. The van der Waals surface area contributed by atoms with Gasteiger partial charge < -0.3 is 9.47 Å². The van der Waals surface area contributed by atoms with Crippen molar-refractivity contribution in [3.05, 3.63) is 60.0 Å². The smallest absolute Gasteiger partial charge is 0.308 e. The third-order valence-electron chi connectivity index (χ3n) is 3.54. The van der Waals surface area contributed by atoms with Gasteiger partial charge in [0.1, 0.15) is 18.1 Å². The summed E-state index contributed by atoms with van der Waals surface area (Å²) in [5.74, 6) is 6.67. The van der Waals surface area contributed by atoms with Crippen LogP contribution in [0.4, 0.5) is 0 Å². The Kier molecular flexibility index (Phi) is 6.59. The largest absolute Gasteiger partial charge is 0.481 e. The second-order valence-electron chi connectivity index (χ2n) is 5.52. The average Bonchev–Trinajstić information content (AvgIpc) is 3.19. The Morgan fingerprint density at radius 2 is 1.96 bits per heavy atom. The average molecular weight is 395 g/mol. The molecule has 0 unspecified atom stereocenters. The number of esters is 1. The van der Waals surface area contributed by atoms with Crippen LogP contribution >= 0.6 is 23.1 Å². The zero-order valence-electron chi connectivity index (χ0n) is 15.0. The fourth-order valence-electron chi connectivity index (χ4n) is 2.35. The molecule has 0 atom stereocenters. The van der Waals surface area contributed by atoms with Crippen LogP contribution < -0.4 is 9.47 Å². The fourth-order valence-corrected chi connectivity index (χ4v) is 3.99. The molecule has 0 saturated heterocycles. The molecule has 0 aliphatic heterocycles. The summed E-state index contributed by atoms with van der Waals surface area (Å²) in [5.41, 5.74) is 1.10. The number of benzene rings is 2. The first-order valence-electron chi connectivity index (χ1n) is 8.32. The van der Waals surface area contributed by atoms with Crippen molar-refractivity contribution in [2.24, 2.45) is 0 Å². The predicted octanol–water partition coefficient (Wildman–Crippen LogP) is 5.89. The van der Waals surface area contributed by atoms with E-state index in [2.05, 4.69) is 24.0 Å². The number of carbonyl (C=O) groups is 1. The highest BCUT2D eigenvalue weighted by atomic mass is 32.2. The van der Waals surface area contributed by atoms with Crippen molar-refractivity contribution >= 4 is 29.1 Å². The molecule has 0 radical (unpaired) electrons. The van der Waals surface area contributed by atoms with Gasteiger partial charge in [-0.1, -0.05) is 23.7 Å². The Bertz CT molecular complexity index is 965. The van der Waals surface area contributed by atoms with Crippen LogP contribution in [0.15, 0.2) is 69.8 Å². The van der Waals surface area contributed by atoms with Crippen molar-refractivity contribution in [3.8, 4) is 33.8 Å². The molecule has 2 aromatic carbocycles. The van der Waals surface area contributed by atoms with Gasteiger partial charge >= 0.3 is 5.97 Å². The molecule has 1 aromatic heterocycles. The van der Waals surface area contributed by atoms with Gasteiger partial charge in [-0.05, 0) is 66.4 Å². The lowest BCUT2D eigenvalue weighted by Crippen LogP contribution is -2.02. The Morgan fingerprint density at radius 3 is 2.63 bits per heavy atom. The van der Waals surface area contributed by atoms with Crippen molar-refractivity contribution in [1.29, 1.82) is 0 Å². The summed E-state index contributed by atoms with van der Waals surface area (Å²) in [6.07, 6.45) is 0. The van der Waals surface area contributed by atoms with Crippen LogP contribution in [-0.4, -0.2) is 12.6 Å². The third kappa shape index (κ3) is 5.40. The predicted molar refractivity (Wildman–Crippen MR) is 111 cm³/mol. The quantitative estimate of drug-likeness (QED) is 0.296. The molecular weight excluding hydrogens is 376 g/mol. The second-order valence-corrected chi connectivity index (χ2v) is 7.58. The van der Waals surface area contributed by atoms with Crippen molar-refractivity contribution in [1.82, 2.24) is 0 Å². The highest BCUT2D eigenvalue weighted by Crippen LogP contribution is 2.39. The normalized spacial score (nSPS) is 10.0. The lowest BCUT2D eigenvalue weighted by atomic mass is 10.2. The highest BCUT2D eigenvalue weighted by molar-refractivity contribution is 7.99. The summed E-state index contributed by atoms with van der Waals surface area (Å²) in [6.45, 7) is 3.57. The maximum absolute atomic E-state index is 11.4. The number of rotatable bonds is 6. The Morgan fingerprint density at radius 1 is 1.15 bits per heavy atom. The first kappa shape index (κ1) is 19.1. The number of carbonyl (C=O) groups excluding carboxylic acids is 1. The molecule has 0 aliphatic rings. The Labute approximate surface area is 167 Å². The molecule has 3 rings (SSSR count). The monoisotopic (exact) mass is 394 g/mol. The molecule has 1 heterocycles. The van der Waals surface area contributed by atoms with Crippen LogP contribution in [0.3, 0.4) is 0 Å². The first-order chi connectivity index (χ1) is 13.2. The molecule has 0 fully saturated rings. The molecule has 5 heteroatoms. The number of hydrogen-bond acceptors (Lipinski definition) is 5. The number of ether oxygens (including phenoxy) is 2. The van der Waals surface area contributed by atoms with Gasteiger partial charge in [0.25, 0.3) is 0 Å². The number of hydrogen-bond donors (Lipinski definition) is 0. The van der Waals surface area contributed by atoms with Crippen LogP contribution in [0.5, 0.6) is 11.5 Å². The first-order valence-corrected chi connectivity index (χ1v) is 10.0. The van der Waals surface area contributed by atoms with Gasteiger partial charge in [0, 0.05) is 16.7 Å². The topological polar surface area (TPSA) is 35.5 Å². The van der Waals surface area contributed by atoms with Gasteiger partial charge in [-0.25, -0.2) is 0 Å². The van der Waals surface area contributed by atoms with E-state index < -0.39 is 0 Å². The van der Waals surface area contributed by atoms with Crippen LogP contribution in [0.1, 0.15) is 13.8 Å². The second kappa shape index (κ2) is 9.31. The van der Waals surface area contributed by atoms with Crippen molar-refractivity contribution < 1.29 is 14.3 Å². The minimum absolute atomic E-state index is 0.332. The van der Waals surface area contributed by atoms with Gasteiger partial charge in [0.05, 0.1) is 4.90 Å². The summed E-state index contributed by atoms with van der Waals surface area (Å²) in [4.78, 5) is 14.5. The van der Waals surface area contributed by atoms with E-state index in [1.807, 2.05) is 47.8 Å². The molecule has 136 valence electrons. The van der Waals surface area contributed by atoms with E-state index in [0.29, 0.717) is 12.4 Å². The van der Waals surface area contributed by atoms with Crippen LogP contribution in [0, 0.1) is 11.8 Å². The summed E-state index contributed by atoms with van der Waals surface area (Å²) in [6, 6.07) is 17.8. The minimum Gasteiger partial charge on any atom is -0.481 e. The Balaban J connectivity index is 1.83. The van der Waals surface area contributed by atoms with Crippen LogP contribution in [-0.2, 0) is 4.79 Å². The lowest BCUT2D eigenvalue weighted by molar-refractivity contribution is -0.132. The molecule has 3 nitrogen and oxygen atoms in total. The Hall–Kier alpha value is -2.68. The van der Waals surface area contributed by atoms with E-state index in [9.17, 15) is 4.79 Å². The zero-order valence-corrected chi connectivity index (χ0v) is 16.7. The van der Waals surface area contributed by atoms with Crippen LogP contribution in [0.25, 0.3) is 10.4 Å². The maximum Gasteiger partial charge on any atom is 0.308 e. The fraction of sp³-hybridized carbons (Fsp3) is 0.136. The summed E-state index contributed by atoms with van der Waals surface area (Å²) >= 11 is 3.23. The molecule has 0 spiro atoms. The molecular formula is C22H18O3S2. The van der Waals surface area contributed by atoms with Gasteiger partial charge in [-0.15, -0.1) is 17.3 Å². The minimum atomic E-state index is -0.332. The molecule has 0 aliphatic carbocycles. The molecule has 27 heavy (non-hydrogen) atoms. The summed E-state index contributed by atoms with van der Waals surface area (Å²) < 4.78 is 10.9. The van der Waals surface area contributed by atoms with Gasteiger partial charge in [0.2, 0.25) is 0 Å². The SMILES string of the molecule is CC#CCOc1ccc(Sc2cc(-c3cccs3)ccc2OC(C)=O)cc1. The standard InChI is InChI=1S/C22H18O3S2/c1-3-4-13-24-18-8-10-19(11-9-18)27-22-15-17(21-6-5-14-26-21)7-12-20(22)25-16(2)23/h5-12,14-15H,13H2,1-2H3. The molecule has 0 bridgehead atoms. The molecule has 0 saturated carbocycles. The van der Waals surface area contributed by atoms with E-state index in [1.54, 1.807) is 30.0 Å². The number of thiophene rings is 1. The van der Waals surface area contributed by atoms with E-state index in [-0.39, 0.29) is 5.97 Å².